The van der Waals surface area contributed by atoms with Crippen molar-refractivity contribution in [2.24, 2.45) is 0 Å². The third-order valence-corrected chi connectivity index (χ3v) is 6.02. The average molecular weight is 454 g/mol. The summed E-state index contributed by atoms with van der Waals surface area (Å²) < 4.78 is 7.16. The number of aromatic nitrogens is 4. The maximum absolute atomic E-state index is 13.4. The molecule has 1 N–H and O–H groups in total. The van der Waals surface area contributed by atoms with Crippen LogP contribution in [0, 0.1) is 13.8 Å². The Morgan fingerprint density at radius 2 is 1.91 bits per heavy atom. The molecule has 3 heterocycles. The zero-order chi connectivity index (χ0) is 23.7. The van der Waals surface area contributed by atoms with Gasteiger partial charge in [0.1, 0.15) is 5.75 Å². The van der Waals surface area contributed by atoms with E-state index < -0.39 is 0 Å². The van der Waals surface area contributed by atoms with E-state index in [1.54, 1.807) is 30.4 Å². The fraction of sp³-hybridized carbons (Fsp3) is 0.259. The van der Waals surface area contributed by atoms with Crippen LogP contribution in [0.5, 0.6) is 5.75 Å². The SMILES string of the molecule is COc1ccc(CNC(=O)c2cc(-c3cncc(C)c3)cnc2-n2ccc(C)n2)cc1C1CC1. The number of rotatable bonds is 7. The number of amides is 1. The summed E-state index contributed by atoms with van der Waals surface area (Å²) in [6.45, 7) is 4.31. The van der Waals surface area contributed by atoms with Gasteiger partial charge in [0, 0.05) is 42.5 Å². The van der Waals surface area contributed by atoms with Crippen molar-refractivity contribution in [2.45, 2.75) is 39.2 Å². The molecular formula is C27H27N5O2. The molecule has 7 nitrogen and oxygen atoms in total. The van der Waals surface area contributed by atoms with E-state index in [1.165, 1.54) is 18.4 Å². The van der Waals surface area contributed by atoms with Gasteiger partial charge in [-0.3, -0.25) is 9.78 Å². The summed E-state index contributed by atoms with van der Waals surface area (Å²) in [5, 5.41) is 7.53. The van der Waals surface area contributed by atoms with E-state index in [9.17, 15) is 4.79 Å². The Bertz CT molecular complexity index is 1360. The predicted octanol–water partition coefficient (Wildman–Crippen LogP) is 4.76. The smallest absolute Gasteiger partial charge is 0.255 e. The Morgan fingerprint density at radius 1 is 1.09 bits per heavy atom. The number of aryl methyl sites for hydroxylation is 2. The molecule has 1 aliphatic rings. The zero-order valence-electron chi connectivity index (χ0n) is 19.6. The van der Waals surface area contributed by atoms with Crippen LogP contribution in [0.3, 0.4) is 0 Å². The minimum atomic E-state index is -0.207. The molecule has 0 radical (unpaired) electrons. The van der Waals surface area contributed by atoms with Crippen molar-refractivity contribution in [3.63, 3.8) is 0 Å². The van der Waals surface area contributed by atoms with Gasteiger partial charge < -0.3 is 10.1 Å². The van der Waals surface area contributed by atoms with Crippen LogP contribution in [-0.4, -0.2) is 32.8 Å². The van der Waals surface area contributed by atoms with Gasteiger partial charge >= 0.3 is 0 Å². The summed E-state index contributed by atoms with van der Waals surface area (Å²) in [5.74, 6) is 1.76. The summed E-state index contributed by atoms with van der Waals surface area (Å²) >= 11 is 0. The van der Waals surface area contributed by atoms with Crippen LogP contribution in [0.4, 0.5) is 0 Å². The van der Waals surface area contributed by atoms with Crippen molar-refractivity contribution in [1.29, 1.82) is 0 Å². The van der Waals surface area contributed by atoms with Gasteiger partial charge in [-0.15, -0.1) is 0 Å². The lowest BCUT2D eigenvalue weighted by Crippen LogP contribution is -2.25. The first kappa shape index (κ1) is 21.8. The van der Waals surface area contributed by atoms with E-state index in [1.807, 2.05) is 50.4 Å². The summed E-state index contributed by atoms with van der Waals surface area (Å²) in [7, 11) is 1.70. The summed E-state index contributed by atoms with van der Waals surface area (Å²) in [4.78, 5) is 22.3. The highest BCUT2D eigenvalue weighted by Gasteiger charge is 2.27. The normalized spacial score (nSPS) is 13.0. The molecule has 3 aromatic heterocycles. The van der Waals surface area contributed by atoms with Crippen LogP contribution in [-0.2, 0) is 6.54 Å². The lowest BCUT2D eigenvalue weighted by Gasteiger charge is -2.13. The quantitative estimate of drug-likeness (QED) is 0.436. The number of carbonyl (C=O) groups excluding carboxylic acids is 1. The first-order chi connectivity index (χ1) is 16.5. The molecule has 0 unspecified atom stereocenters. The highest BCUT2D eigenvalue weighted by Crippen LogP contribution is 2.44. The fourth-order valence-corrected chi connectivity index (χ4v) is 4.10. The van der Waals surface area contributed by atoms with E-state index in [2.05, 4.69) is 26.4 Å². The second-order valence-corrected chi connectivity index (χ2v) is 8.78. The van der Waals surface area contributed by atoms with Crippen LogP contribution >= 0.6 is 0 Å². The second-order valence-electron chi connectivity index (χ2n) is 8.78. The Hall–Kier alpha value is -4.00. The van der Waals surface area contributed by atoms with Crippen LogP contribution < -0.4 is 10.1 Å². The molecule has 1 aromatic carbocycles. The molecule has 34 heavy (non-hydrogen) atoms. The van der Waals surface area contributed by atoms with Gasteiger partial charge in [0.25, 0.3) is 5.91 Å². The molecule has 5 rings (SSSR count). The monoisotopic (exact) mass is 453 g/mol. The molecule has 7 heteroatoms. The number of benzene rings is 1. The van der Waals surface area contributed by atoms with E-state index in [0.717, 1.165) is 33.7 Å². The minimum Gasteiger partial charge on any atom is -0.496 e. The average Bonchev–Trinajstić information content (AvgIpc) is 3.62. The van der Waals surface area contributed by atoms with Crippen molar-refractivity contribution >= 4 is 5.91 Å². The number of ether oxygens (including phenoxy) is 1. The van der Waals surface area contributed by atoms with E-state index in [0.29, 0.717) is 23.8 Å². The van der Waals surface area contributed by atoms with Gasteiger partial charge in [0.2, 0.25) is 0 Å². The van der Waals surface area contributed by atoms with Crippen LogP contribution in [0.25, 0.3) is 16.9 Å². The van der Waals surface area contributed by atoms with Crippen LogP contribution in [0.15, 0.2) is 61.2 Å². The molecule has 1 aliphatic carbocycles. The summed E-state index contributed by atoms with van der Waals surface area (Å²) in [6.07, 6.45) is 9.52. The van der Waals surface area contributed by atoms with Gasteiger partial charge in [-0.25, -0.2) is 9.67 Å². The molecule has 0 spiro atoms. The Morgan fingerprint density at radius 3 is 2.62 bits per heavy atom. The second kappa shape index (κ2) is 9.09. The molecule has 0 atom stereocenters. The van der Waals surface area contributed by atoms with E-state index >= 15 is 0 Å². The highest BCUT2D eigenvalue weighted by atomic mass is 16.5. The molecule has 4 aromatic rings. The third kappa shape index (κ3) is 4.55. The van der Waals surface area contributed by atoms with Gasteiger partial charge in [-0.2, -0.15) is 5.10 Å². The van der Waals surface area contributed by atoms with Gasteiger partial charge in [0.15, 0.2) is 5.82 Å². The zero-order valence-corrected chi connectivity index (χ0v) is 19.6. The topological polar surface area (TPSA) is 81.9 Å². The molecule has 1 amide bonds. The van der Waals surface area contributed by atoms with E-state index in [4.69, 9.17) is 4.74 Å². The fourth-order valence-electron chi connectivity index (χ4n) is 4.10. The standard InChI is InChI=1S/C27H27N5O2/c1-17-10-21(15-28-13-17)22-12-24(26(29-16-22)32-9-8-18(2)31-32)27(33)30-14-19-4-7-25(34-3)23(11-19)20-5-6-20/h4,7-13,15-16,20H,5-6,14H2,1-3H3,(H,30,33). The van der Waals surface area contributed by atoms with Gasteiger partial charge in [-0.1, -0.05) is 12.1 Å². The van der Waals surface area contributed by atoms with Crippen molar-refractivity contribution in [3.05, 3.63) is 89.1 Å². The number of hydrogen-bond acceptors (Lipinski definition) is 5. The molecule has 1 fully saturated rings. The predicted molar refractivity (Wildman–Crippen MR) is 130 cm³/mol. The van der Waals surface area contributed by atoms with Crippen molar-refractivity contribution in [3.8, 4) is 22.7 Å². The lowest BCUT2D eigenvalue weighted by atomic mass is 10.0. The molecule has 172 valence electrons. The largest absolute Gasteiger partial charge is 0.496 e. The number of methoxy groups -OCH3 is 1. The Balaban J connectivity index is 1.45. The molecule has 0 saturated heterocycles. The van der Waals surface area contributed by atoms with Crippen LogP contribution in [0.1, 0.15) is 51.5 Å². The van der Waals surface area contributed by atoms with E-state index in [-0.39, 0.29) is 5.91 Å². The number of nitrogens with one attached hydrogen (secondary N) is 1. The Kier molecular flexibility index (Phi) is 5.84. The van der Waals surface area contributed by atoms with Crippen LogP contribution in [0.2, 0.25) is 0 Å². The minimum absolute atomic E-state index is 0.207. The molecule has 1 saturated carbocycles. The molecular weight excluding hydrogens is 426 g/mol. The first-order valence-corrected chi connectivity index (χ1v) is 11.4. The number of hydrogen-bond donors (Lipinski definition) is 1. The first-order valence-electron chi connectivity index (χ1n) is 11.4. The number of carbonyl (C=O) groups is 1. The highest BCUT2D eigenvalue weighted by molar-refractivity contribution is 5.98. The lowest BCUT2D eigenvalue weighted by molar-refractivity contribution is 0.0950. The molecule has 0 aliphatic heterocycles. The summed E-state index contributed by atoms with van der Waals surface area (Å²) in [6, 6.07) is 11.9. The van der Waals surface area contributed by atoms with Crippen molar-refractivity contribution in [1.82, 2.24) is 25.1 Å². The van der Waals surface area contributed by atoms with Crippen molar-refractivity contribution in [2.75, 3.05) is 7.11 Å². The summed E-state index contributed by atoms with van der Waals surface area (Å²) in [5.41, 5.74) is 6.35. The molecule has 0 bridgehead atoms. The maximum atomic E-state index is 13.4. The maximum Gasteiger partial charge on any atom is 0.255 e. The Labute approximate surface area is 198 Å². The third-order valence-electron chi connectivity index (χ3n) is 6.02. The van der Waals surface area contributed by atoms with Gasteiger partial charge in [0.05, 0.1) is 18.4 Å². The number of nitrogens with zero attached hydrogens (tertiary/aromatic N) is 4. The van der Waals surface area contributed by atoms with Gasteiger partial charge in [-0.05, 0) is 73.6 Å². The van der Waals surface area contributed by atoms with Crippen molar-refractivity contribution < 1.29 is 9.53 Å². The number of pyridine rings is 2.